The Bertz CT molecular complexity index is 256. The molecule has 0 N–H and O–H groups in total. The molecule has 0 aromatic heterocycles. The van der Waals surface area contributed by atoms with Gasteiger partial charge in [0.25, 0.3) is 0 Å². The number of hydrogen-bond donors (Lipinski definition) is 0. The Balaban J connectivity index is 2.21. The molecular formula is C12H18O3. The first kappa shape index (κ1) is 12.0. The van der Waals surface area contributed by atoms with E-state index < -0.39 is 0 Å². The van der Waals surface area contributed by atoms with E-state index in [0.29, 0.717) is 5.78 Å². The Morgan fingerprint density at radius 2 is 2.33 bits per heavy atom. The van der Waals surface area contributed by atoms with Gasteiger partial charge in [0.05, 0.1) is 7.11 Å². The number of ketones is 1. The molecule has 0 heterocycles. The molecule has 15 heavy (non-hydrogen) atoms. The normalized spacial score (nSPS) is 21.9. The zero-order valence-electron chi connectivity index (χ0n) is 9.20. The maximum atomic E-state index is 11.5. The van der Waals surface area contributed by atoms with E-state index in [1.807, 2.05) is 0 Å². The summed E-state index contributed by atoms with van der Waals surface area (Å²) in [6.45, 7) is 0. The fraction of sp³-hybridized carbons (Fsp3) is 0.667. The number of allylic oxidation sites excluding steroid dienone is 1. The van der Waals surface area contributed by atoms with E-state index in [0.717, 1.165) is 38.5 Å². The fourth-order valence-corrected chi connectivity index (χ4v) is 1.91. The molecule has 1 atom stereocenters. The second kappa shape index (κ2) is 6.38. The van der Waals surface area contributed by atoms with Crippen molar-refractivity contribution in [3.05, 3.63) is 12.2 Å². The maximum Gasteiger partial charge on any atom is 0.330 e. The zero-order valence-corrected chi connectivity index (χ0v) is 9.20. The van der Waals surface area contributed by atoms with Crippen LogP contribution in [0.5, 0.6) is 0 Å². The van der Waals surface area contributed by atoms with Crippen molar-refractivity contribution in [1.29, 1.82) is 0 Å². The summed E-state index contributed by atoms with van der Waals surface area (Å²) < 4.78 is 4.47. The number of Topliss-reactive ketones (excluding diaryl/α,β-unsaturated/α-hetero) is 1. The van der Waals surface area contributed by atoms with Gasteiger partial charge in [-0.1, -0.05) is 12.5 Å². The summed E-state index contributed by atoms with van der Waals surface area (Å²) in [7, 11) is 1.36. The van der Waals surface area contributed by atoms with Crippen molar-refractivity contribution >= 4 is 11.8 Å². The smallest absolute Gasteiger partial charge is 0.330 e. The molecular weight excluding hydrogens is 192 g/mol. The number of carbonyl (C=O) groups excluding carboxylic acids is 2. The first-order valence-corrected chi connectivity index (χ1v) is 5.51. The minimum atomic E-state index is -0.329. The average Bonchev–Trinajstić information content (AvgIpc) is 2.26. The summed E-state index contributed by atoms with van der Waals surface area (Å²) in [6, 6.07) is 0. The standard InChI is InChI=1S/C12H18O3/c1-15-12(14)9-5-3-7-10-6-2-4-8-11(10)13/h5,9-10H,2-4,6-8H2,1H3. The molecule has 0 aromatic carbocycles. The molecule has 1 fully saturated rings. The number of methoxy groups -OCH3 is 1. The third-order valence-electron chi connectivity index (χ3n) is 2.82. The van der Waals surface area contributed by atoms with Gasteiger partial charge < -0.3 is 4.74 Å². The van der Waals surface area contributed by atoms with Crippen LogP contribution in [0.15, 0.2) is 12.2 Å². The molecule has 1 aliphatic carbocycles. The van der Waals surface area contributed by atoms with E-state index in [1.54, 1.807) is 6.08 Å². The van der Waals surface area contributed by atoms with Crippen molar-refractivity contribution in [3.63, 3.8) is 0 Å². The highest BCUT2D eigenvalue weighted by Crippen LogP contribution is 2.24. The molecule has 0 saturated heterocycles. The molecule has 1 aliphatic rings. The molecule has 1 saturated carbocycles. The second-order valence-corrected chi connectivity index (χ2v) is 3.91. The lowest BCUT2D eigenvalue weighted by Gasteiger charge is -2.19. The van der Waals surface area contributed by atoms with Crippen molar-refractivity contribution in [2.75, 3.05) is 7.11 Å². The van der Waals surface area contributed by atoms with Crippen molar-refractivity contribution < 1.29 is 14.3 Å². The van der Waals surface area contributed by atoms with Crippen molar-refractivity contribution in [1.82, 2.24) is 0 Å². The van der Waals surface area contributed by atoms with Crippen LogP contribution in [0.3, 0.4) is 0 Å². The fourth-order valence-electron chi connectivity index (χ4n) is 1.91. The lowest BCUT2D eigenvalue weighted by Crippen LogP contribution is -2.18. The Morgan fingerprint density at radius 3 is 3.00 bits per heavy atom. The minimum Gasteiger partial charge on any atom is -0.466 e. The van der Waals surface area contributed by atoms with Gasteiger partial charge in [0.2, 0.25) is 0 Å². The lowest BCUT2D eigenvalue weighted by molar-refractivity contribution is -0.134. The molecule has 0 aromatic rings. The summed E-state index contributed by atoms with van der Waals surface area (Å²) in [6.07, 6.45) is 8.83. The van der Waals surface area contributed by atoms with E-state index in [-0.39, 0.29) is 11.9 Å². The maximum absolute atomic E-state index is 11.5. The van der Waals surface area contributed by atoms with Gasteiger partial charge in [0.1, 0.15) is 5.78 Å². The van der Waals surface area contributed by atoms with E-state index >= 15 is 0 Å². The molecule has 0 bridgehead atoms. The van der Waals surface area contributed by atoms with Crippen LogP contribution in [0.4, 0.5) is 0 Å². The van der Waals surface area contributed by atoms with Gasteiger partial charge in [-0.15, -0.1) is 0 Å². The van der Waals surface area contributed by atoms with Crippen LogP contribution >= 0.6 is 0 Å². The summed E-state index contributed by atoms with van der Waals surface area (Å²) >= 11 is 0. The van der Waals surface area contributed by atoms with E-state index in [1.165, 1.54) is 13.2 Å². The van der Waals surface area contributed by atoms with Gasteiger partial charge in [-0.05, 0) is 25.7 Å². The highest BCUT2D eigenvalue weighted by Gasteiger charge is 2.20. The quantitative estimate of drug-likeness (QED) is 0.528. The van der Waals surface area contributed by atoms with Crippen molar-refractivity contribution in [2.24, 2.45) is 5.92 Å². The summed E-state index contributed by atoms with van der Waals surface area (Å²) in [4.78, 5) is 22.2. The Kier molecular flexibility index (Phi) is 5.08. The Labute approximate surface area is 90.5 Å². The van der Waals surface area contributed by atoms with Crippen molar-refractivity contribution in [3.8, 4) is 0 Å². The number of esters is 1. The second-order valence-electron chi connectivity index (χ2n) is 3.91. The molecule has 84 valence electrons. The molecule has 0 amide bonds. The molecule has 1 rings (SSSR count). The minimum absolute atomic E-state index is 0.223. The number of hydrogen-bond acceptors (Lipinski definition) is 3. The van der Waals surface area contributed by atoms with Gasteiger partial charge in [-0.25, -0.2) is 4.79 Å². The molecule has 0 aliphatic heterocycles. The predicted octanol–water partition coefficient (Wildman–Crippen LogP) is 2.26. The highest BCUT2D eigenvalue weighted by atomic mass is 16.5. The van der Waals surface area contributed by atoms with Gasteiger partial charge >= 0.3 is 5.97 Å². The number of ether oxygens (including phenoxy) is 1. The summed E-state index contributed by atoms with van der Waals surface area (Å²) in [5.41, 5.74) is 0. The van der Waals surface area contributed by atoms with Crippen LogP contribution in [-0.4, -0.2) is 18.9 Å². The molecule has 0 radical (unpaired) electrons. The van der Waals surface area contributed by atoms with Crippen LogP contribution in [0.25, 0.3) is 0 Å². The number of carbonyl (C=O) groups is 2. The lowest BCUT2D eigenvalue weighted by atomic mass is 9.85. The first-order chi connectivity index (χ1) is 7.24. The van der Waals surface area contributed by atoms with Crippen molar-refractivity contribution in [2.45, 2.75) is 38.5 Å². The average molecular weight is 210 g/mol. The zero-order chi connectivity index (χ0) is 11.1. The summed E-state index contributed by atoms with van der Waals surface area (Å²) in [5, 5.41) is 0. The number of rotatable bonds is 4. The molecule has 3 heteroatoms. The van der Waals surface area contributed by atoms with E-state index in [4.69, 9.17) is 0 Å². The van der Waals surface area contributed by atoms with Crippen LogP contribution < -0.4 is 0 Å². The van der Waals surface area contributed by atoms with Gasteiger partial charge in [0.15, 0.2) is 0 Å². The topological polar surface area (TPSA) is 43.4 Å². The third-order valence-corrected chi connectivity index (χ3v) is 2.82. The molecule has 1 unspecified atom stereocenters. The van der Waals surface area contributed by atoms with E-state index in [2.05, 4.69) is 4.74 Å². The monoisotopic (exact) mass is 210 g/mol. The first-order valence-electron chi connectivity index (χ1n) is 5.51. The van der Waals surface area contributed by atoms with Gasteiger partial charge in [-0.3, -0.25) is 4.79 Å². The van der Waals surface area contributed by atoms with E-state index in [9.17, 15) is 9.59 Å². The third kappa shape index (κ3) is 4.28. The largest absolute Gasteiger partial charge is 0.466 e. The van der Waals surface area contributed by atoms with Gasteiger partial charge in [0, 0.05) is 18.4 Å². The molecule has 0 spiro atoms. The van der Waals surface area contributed by atoms with Crippen LogP contribution in [0, 0.1) is 5.92 Å². The highest BCUT2D eigenvalue weighted by molar-refractivity contribution is 5.82. The van der Waals surface area contributed by atoms with Crippen LogP contribution in [0.1, 0.15) is 38.5 Å². The Morgan fingerprint density at radius 1 is 1.53 bits per heavy atom. The summed E-state index contributed by atoms with van der Waals surface area (Å²) in [5.74, 6) is 0.290. The predicted molar refractivity (Wildman–Crippen MR) is 57.4 cm³/mol. The van der Waals surface area contributed by atoms with Gasteiger partial charge in [-0.2, -0.15) is 0 Å². The Hall–Kier alpha value is -1.12. The van der Waals surface area contributed by atoms with Crippen LogP contribution in [-0.2, 0) is 14.3 Å². The molecule has 3 nitrogen and oxygen atoms in total. The SMILES string of the molecule is COC(=O)C=CCCC1CCCCC1=O. The van der Waals surface area contributed by atoms with Crippen LogP contribution in [0.2, 0.25) is 0 Å².